The summed E-state index contributed by atoms with van der Waals surface area (Å²) in [6.45, 7) is 0.949. The number of rotatable bonds is 2. The van der Waals surface area contributed by atoms with Gasteiger partial charge in [0.05, 0.1) is 12.7 Å². The van der Waals surface area contributed by atoms with Gasteiger partial charge in [-0.15, -0.1) is 11.3 Å². The minimum atomic E-state index is 0.498. The molecule has 2 heteroatoms. The fraction of sp³-hybridized carbons (Fsp3) is 0.273. The molecule has 1 saturated heterocycles. The second kappa shape index (κ2) is 2.82. The van der Waals surface area contributed by atoms with E-state index in [2.05, 4.69) is 29.6 Å². The smallest absolute Gasteiger partial charge is 0.0850 e. The zero-order valence-corrected chi connectivity index (χ0v) is 8.01. The maximum atomic E-state index is 5.24. The van der Waals surface area contributed by atoms with Crippen molar-refractivity contribution in [2.24, 2.45) is 0 Å². The molecule has 1 unspecified atom stereocenters. The van der Waals surface area contributed by atoms with Gasteiger partial charge in [-0.05, 0) is 22.4 Å². The summed E-state index contributed by atoms with van der Waals surface area (Å²) in [5.41, 5.74) is 1.45. The predicted octanol–water partition coefficient (Wildman–Crippen LogP) is 2.84. The normalized spacial score (nSPS) is 20.8. The van der Waals surface area contributed by atoms with Crippen LogP contribution in [0.15, 0.2) is 29.6 Å². The fourth-order valence-electron chi connectivity index (χ4n) is 1.62. The van der Waals surface area contributed by atoms with Crippen LogP contribution in [0.4, 0.5) is 0 Å². The van der Waals surface area contributed by atoms with Crippen molar-refractivity contribution in [3.05, 3.63) is 35.2 Å². The van der Waals surface area contributed by atoms with Gasteiger partial charge in [-0.1, -0.05) is 18.2 Å². The van der Waals surface area contributed by atoms with Gasteiger partial charge in [0, 0.05) is 11.1 Å². The second-order valence-electron chi connectivity index (χ2n) is 3.42. The van der Waals surface area contributed by atoms with Gasteiger partial charge in [0.25, 0.3) is 0 Å². The lowest BCUT2D eigenvalue weighted by Crippen LogP contribution is -1.90. The minimum Gasteiger partial charge on any atom is -0.373 e. The number of hydrogen-bond acceptors (Lipinski definition) is 2. The van der Waals surface area contributed by atoms with Crippen LogP contribution in [0.25, 0.3) is 10.1 Å². The van der Waals surface area contributed by atoms with Gasteiger partial charge in [-0.2, -0.15) is 0 Å². The lowest BCUT2D eigenvalue weighted by atomic mass is 10.1. The molecule has 3 rings (SSSR count). The summed E-state index contributed by atoms with van der Waals surface area (Å²) in [4.78, 5) is 0. The number of epoxide rings is 1. The average molecular weight is 190 g/mol. The lowest BCUT2D eigenvalue weighted by Gasteiger charge is -1.94. The van der Waals surface area contributed by atoms with E-state index in [1.807, 2.05) is 11.3 Å². The Hall–Kier alpha value is -0.860. The molecule has 1 aromatic carbocycles. The molecule has 1 atom stereocenters. The Balaban J connectivity index is 2.06. The first-order chi connectivity index (χ1) is 6.43. The molecule has 0 aliphatic carbocycles. The van der Waals surface area contributed by atoms with Gasteiger partial charge in [-0.25, -0.2) is 0 Å². The van der Waals surface area contributed by atoms with E-state index in [9.17, 15) is 0 Å². The van der Waals surface area contributed by atoms with E-state index in [0.29, 0.717) is 6.10 Å². The molecule has 2 heterocycles. The van der Waals surface area contributed by atoms with E-state index in [1.54, 1.807) is 0 Å². The van der Waals surface area contributed by atoms with E-state index in [1.165, 1.54) is 15.6 Å². The maximum Gasteiger partial charge on any atom is 0.0850 e. The summed E-state index contributed by atoms with van der Waals surface area (Å²) in [6, 6.07) is 8.57. The van der Waals surface area contributed by atoms with Gasteiger partial charge in [-0.3, -0.25) is 0 Å². The van der Waals surface area contributed by atoms with Crippen molar-refractivity contribution in [2.45, 2.75) is 12.5 Å². The van der Waals surface area contributed by atoms with Crippen LogP contribution in [0, 0.1) is 0 Å². The number of hydrogen-bond donors (Lipinski definition) is 0. The fourth-order valence-corrected chi connectivity index (χ4v) is 2.60. The predicted molar refractivity (Wildman–Crippen MR) is 55.3 cm³/mol. The van der Waals surface area contributed by atoms with Crippen LogP contribution >= 0.6 is 11.3 Å². The van der Waals surface area contributed by atoms with Crippen molar-refractivity contribution in [1.29, 1.82) is 0 Å². The Labute approximate surface area is 81.0 Å². The maximum absolute atomic E-state index is 5.24. The third kappa shape index (κ3) is 1.36. The molecule has 66 valence electrons. The van der Waals surface area contributed by atoms with Crippen molar-refractivity contribution in [1.82, 2.24) is 0 Å². The summed E-state index contributed by atoms with van der Waals surface area (Å²) in [5.74, 6) is 0. The Bertz CT molecular complexity index is 428. The Kier molecular flexibility index (Phi) is 1.64. The highest BCUT2D eigenvalue weighted by atomic mass is 32.1. The third-order valence-corrected chi connectivity index (χ3v) is 3.42. The number of benzene rings is 1. The van der Waals surface area contributed by atoms with Crippen LogP contribution in [-0.4, -0.2) is 12.7 Å². The molecule has 0 bridgehead atoms. The topological polar surface area (TPSA) is 12.5 Å². The van der Waals surface area contributed by atoms with Gasteiger partial charge < -0.3 is 4.74 Å². The molecule has 1 nitrogen and oxygen atoms in total. The quantitative estimate of drug-likeness (QED) is 0.663. The molecule has 1 aliphatic rings. The molecule has 0 N–H and O–H groups in total. The highest BCUT2D eigenvalue weighted by Crippen LogP contribution is 2.28. The van der Waals surface area contributed by atoms with Crippen molar-refractivity contribution in [3.63, 3.8) is 0 Å². The summed E-state index contributed by atoms with van der Waals surface area (Å²) in [5, 5.41) is 3.66. The van der Waals surface area contributed by atoms with Crippen LogP contribution in [0.5, 0.6) is 0 Å². The van der Waals surface area contributed by atoms with Crippen molar-refractivity contribution in [2.75, 3.05) is 6.61 Å². The zero-order valence-electron chi connectivity index (χ0n) is 7.19. The molecular weight excluding hydrogens is 180 g/mol. The average Bonchev–Trinajstić information content (AvgIpc) is 2.88. The monoisotopic (exact) mass is 190 g/mol. The van der Waals surface area contributed by atoms with E-state index in [4.69, 9.17) is 4.74 Å². The molecule has 0 saturated carbocycles. The highest BCUT2D eigenvalue weighted by molar-refractivity contribution is 7.17. The largest absolute Gasteiger partial charge is 0.373 e. The lowest BCUT2D eigenvalue weighted by molar-refractivity contribution is 0.408. The first kappa shape index (κ1) is 7.54. The van der Waals surface area contributed by atoms with Crippen LogP contribution in [0.1, 0.15) is 5.56 Å². The van der Waals surface area contributed by atoms with Crippen LogP contribution in [0.2, 0.25) is 0 Å². The van der Waals surface area contributed by atoms with Crippen molar-refractivity contribution < 1.29 is 4.74 Å². The Morgan fingerprint density at radius 2 is 2.23 bits per heavy atom. The van der Waals surface area contributed by atoms with E-state index in [0.717, 1.165) is 13.0 Å². The molecule has 0 spiro atoms. The van der Waals surface area contributed by atoms with E-state index >= 15 is 0 Å². The highest BCUT2D eigenvalue weighted by Gasteiger charge is 2.23. The molecule has 1 aromatic heterocycles. The number of fused-ring (bicyclic) bond motifs is 1. The van der Waals surface area contributed by atoms with E-state index in [-0.39, 0.29) is 0 Å². The number of thiophene rings is 1. The van der Waals surface area contributed by atoms with Crippen molar-refractivity contribution in [3.8, 4) is 0 Å². The van der Waals surface area contributed by atoms with Gasteiger partial charge in [0.2, 0.25) is 0 Å². The van der Waals surface area contributed by atoms with Crippen molar-refractivity contribution >= 4 is 21.4 Å². The van der Waals surface area contributed by atoms with Crippen LogP contribution in [-0.2, 0) is 11.2 Å². The molecule has 1 aliphatic heterocycles. The molecule has 1 fully saturated rings. The standard InChI is InChI=1S/C11H10OS/c1-2-4-11-10(3-1)8(7-13-11)5-9-6-12-9/h1-4,7,9H,5-6H2. The minimum absolute atomic E-state index is 0.498. The number of ether oxygens (including phenoxy) is 1. The van der Waals surface area contributed by atoms with Gasteiger partial charge in [0.1, 0.15) is 0 Å². The SMILES string of the molecule is c1ccc2c(CC3CO3)csc2c1. The van der Waals surface area contributed by atoms with Crippen LogP contribution in [0.3, 0.4) is 0 Å². The first-order valence-electron chi connectivity index (χ1n) is 4.50. The summed E-state index contributed by atoms with van der Waals surface area (Å²) < 4.78 is 6.62. The first-order valence-corrected chi connectivity index (χ1v) is 5.38. The Morgan fingerprint density at radius 1 is 1.38 bits per heavy atom. The second-order valence-corrected chi connectivity index (χ2v) is 4.33. The summed E-state index contributed by atoms with van der Waals surface area (Å²) in [6.07, 6.45) is 1.59. The zero-order chi connectivity index (χ0) is 8.67. The molecular formula is C11H10OS. The summed E-state index contributed by atoms with van der Waals surface area (Å²) >= 11 is 1.83. The van der Waals surface area contributed by atoms with E-state index < -0.39 is 0 Å². The molecule has 2 aromatic rings. The summed E-state index contributed by atoms with van der Waals surface area (Å²) in [7, 11) is 0. The van der Waals surface area contributed by atoms with Crippen LogP contribution < -0.4 is 0 Å². The third-order valence-electron chi connectivity index (χ3n) is 2.41. The van der Waals surface area contributed by atoms with Gasteiger partial charge in [0.15, 0.2) is 0 Å². The molecule has 0 amide bonds. The molecule has 0 radical (unpaired) electrons. The Morgan fingerprint density at radius 3 is 3.08 bits per heavy atom. The van der Waals surface area contributed by atoms with Gasteiger partial charge >= 0.3 is 0 Å². The molecule has 13 heavy (non-hydrogen) atoms.